The van der Waals surface area contributed by atoms with E-state index in [1.807, 2.05) is 6.92 Å². The second-order valence-corrected chi connectivity index (χ2v) is 4.87. The Hall–Kier alpha value is -0.650. The standard InChI is InChI=1S/C13H26N2O3/c1-10(12-6-4-9-18-12)15-11(2)13(16)14-7-5-8-17-3/h10-12,15H,4-9H2,1-3H3,(H,14,16). The van der Waals surface area contributed by atoms with Crippen molar-refractivity contribution in [2.75, 3.05) is 26.9 Å². The van der Waals surface area contributed by atoms with E-state index in [-0.39, 0.29) is 24.1 Å². The summed E-state index contributed by atoms with van der Waals surface area (Å²) in [4.78, 5) is 11.8. The summed E-state index contributed by atoms with van der Waals surface area (Å²) in [6, 6.07) is 0.0268. The van der Waals surface area contributed by atoms with Gasteiger partial charge in [0.05, 0.1) is 12.1 Å². The number of carbonyl (C=O) groups is 1. The molecular weight excluding hydrogens is 232 g/mol. The predicted molar refractivity (Wildman–Crippen MR) is 70.5 cm³/mol. The third kappa shape index (κ3) is 5.33. The molecule has 18 heavy (non-hydrogen) atoms. The molecule has 3 atom stereocenters. The molecule has 1 fully saturated rings. The van der Waals surface area contributed by atoms with E-state index in [0.29, 0.717) is 13.2 Å². The van der Waals surface area contributed by atoms with E-state index < -0.39 is 0 Å². The predicted octanol–water partition coefficient (Wildman–Crippen LogP) is 0.685. The van der Waals surface area contributed by atoms with E-state index in [4.69, 9.17) is 9.47 Å². The number of nitrogens with one attached hydrogen (secondary N) is 2. The largest absolute Gasteiger partial charge is 0.385 e. The highest BCUT2D eigenvalue weighted by molar-refractivity contribution is 5.81. The van der Waals surface area contributed by atoms with Gasteiger partial charge in [0.1, 0.15) is 0 Å². The second-order valence-electron chi connectivity index (χ2n) is 4.87. The van der Waals surface area contributed by atoms with Crippen LogP contribution in [0.2, 0.25) is 0 Å². The van der Waals surface area contributed by atoms with Gasteiger partial charge in [0, 0.05) is 32.9 Å². The van der Waals surface area contributed by atoms with Gasteiger partial charge < -0.3 is 20.1 Å². The number of hydrogen-bond donors (Lipinski definition) is 2. The van der Waals surface area contributed by atoms with Crippen molar-refractivity contribution in [3.8, 4) is 0 Å². The Morgan fingerprint density at radius 2 is 2.28 bits per heavy atom. The lowest BCUT2D eigenvalue weighted by Crippen LogP contribution is -2.49. The third-order valence-corrected chi connectivity index (χ3v) is 3.25. The molecule has 5 nitrogen and oxygen atoms in total. The molecule has 3 unspecified atom stereocenters. The normalized spacial score (nSPS) is 22.7. The summed E-state index contributed by atoms with van der Waals surface area (Å²) in [5.41, 5.74) is 0. The van der Waals surface area contributed by atoms with Crippen LogP contribution in [0.5, 0.6) is 0 Å². The highest BCUT2D eigenvalue weighted by atomic mass is 16.5. The molecule has 2 N–H and O–H groups in total. The number of ether oxygens (including phenoxy) is 2. The van der Waals surface area contributed by atoms with Crippen LogP contribution in [0, 0.1) is 0 Å². The summed E-state index contributed by atoms with van der Waals surface area (Å²) in [5, 5.41) is 6.19. The monoisotopic (exact) mass is 258 g/mol. The van der Waals surface area contributed by atoms with E-state index in [9.17, 15) is 4.79 Å². The minimum absolute atomic E-state index is 0.0379. The van der Waals surface area contributed by atoms with Gasteiger partial charge in [-0.1, -0.05) is 0 Å². The van der Waals surface area contributed by atoms with Gasteiger partial charge in [0.2, 0.25) is 5.91 Å². The zero-order valence-corrected chi connectivity index (χ0v) is 11.7. The summed E-state index contributed by atoms with van der Waals surface area (Å²) in [5.74, 6) is 0.0379. The first kappa shape index (κ1) is 15.4. The highest BCUT2D eigenvalue weighted by Crippen LogP contribution is 2.15. The van der Waals surface area contributed by atoms with E-state index in [1.165, 1.54) is 0 Å². The van der Waals surface area contributed by atoms with Crippen LogP contribution >= 0.6 is 0 Å². The smallest absolute Gasteiger partial charge is 0.236 e. The third-order valence-electron chi connectivity index (χ3n) is 3.25. The Labute approximate surface area is 110 Å². The van der Waals surface area contributed by atoms with Gasteiger partial charge in [-0.15, -0.1) is 0 Å². The lowest BCUT2D eigenvalue weighted by Gasteiger charge is -2.23. The van der Waals surface area contributed by atoms with Gasteiger partial charge in [0.15, 0.2) is 0 Å². The molecular formula is C13H26N2O3. The molecule has 1 heterocycles. The Kier molecular flexibility index (Phi) is 7.23. The summed E-state index contributed by atoms with van der Waals surface area (Å²) >= 11 is 0. The Balaban J connectivity index is 2.17. The van der Waals surface area contributed by atoms with Crippen LogP contribution in [0.3, 0.4) is 0 Å². The van der Waals surface area contributed by atoms with Crippen molar-refractivity contribution in [3.63, 3.8) is 0 Å². The first-order valence-electron chi connectivity index (χ1n) is 6.79. The first-order chi connectivity index (χ1) is 8.65. The fraction of sp³-hybridized carbons (Fsp3) is 0.923. The van der Waals surface area contributed by atoms with Crippen LogP contribution in [-0.4, -0.2) is 51.0 Å². The topological polar surface area (TPSA) is 59.6 Å². The van der Waals surface area contributed by atoms with Crippen molar-refractivity contribution in [2.24, 2.45) is 0 Å². The van der Waals surface area contributed by atoms with Gasteiger partial charge in [-0.3, -0.25) is 4.79 Å². The van der Waals surface area contributed by atoms with Gasteiger partial charge >= 0.3 is 0 Å². The molecule has 1 saturated heterocycles. The zero-order valence-electron chi connectivity index (χ0n) is 11.7. The molecule has 0 aromatic carbocycles. The molecule has 5 heteroatoms. The van der Waals surface area contributed by atoms with Crippen molar-refractivity contribution in [1.82, 2.24) is 10.6 Å². The molecule has 0 aliphatic carbocycles. The van der Waals surface area contributed by atoms with Crippen molar-refractivity contribution in [2.45, 2.75) is 51.3 Å². The Bertz CT molecular complexity index is 242. The van der Waals surface area contributed by atoms with Crippen LogP contribution in [0.4, 0.5) is 0 Å². The molecule has 0 radical (unpaired) electrons. The van der Waals surface area contributed by atoms with Gasteiger partial charge in [-0.2, -0.15) is 0 Å². The van der Waals surface area contributed by atoms with Crippen LogP contribution in [0.25, 0.3) is 0 Å². The lowest BCUT2D eigenvalue weighted by molar-refractivity contribution is -0.123. The quantitative estimate of drug-likeness (QED) is 0.629. The molecule has 0 aromatic heterocycles. The molecule has 0 saturated carbocycles. The Morgan fingerprint density at radius 1 is 1.50 bits per heavy atom. The summed E-state index contributed by atoms with van der Waals surface area (Å²) in [6.45, 7) is 6.14. The molecule has 0 aromatic rings. The number of amides is 1. The zero-order chi connectivity index (χ0) is 13.4. The number of methoxy groups -OCH3 is 1. The number of carbonyl (C=O) groups excluding carboxylic acids is 1. The Morgan fingerprint density at radius 3 is 2.89 bits per heavy atom. The minimum Gasteiger partial charge on any atom is -0.385 e. The maximum absolute atomic E-state index is 11.8. The van der Waals surface area contributed by atoms with Crippen LogP contribution < -0.4 is 10.6 Å². The first-order valence-corrected chi connectivity index (χ1v) is 6.79. The second kappa shape index (κ2) is 8.45. The molecule has 1 rings (SSSR count). The van der Waals surface area contributed by atoms with E-state index >= 15 is 0 Å². The average molecular weight is 258 g/mol. The summed E-state index contributed by atoms with van der Waals surface area (Å²) in [6.07, 6.45) is 3.29. The van der Waals surface area contributed by atoms with Crippen LogP contribution in [-0.2, 0) is 14.3 Å². The average Bonchev–Trinajstić information content (AvgIpc) is 2.88. The molecule has 0 spiro atoms. The van der Waals surface area contributed by atoms with Crippen LogP contribution in [0.1, 0.15) is 33.1 Å². The fourth-order valence-corrected chi connectivity index (χ4v) is 2.16. The molecule has 0 bridgehead atoms. The molecule has 1 aliphatic rings. The van der Waals surface area contributed by atoms with E-state index in [1.54, 1.807) is 7.11 Å². The minimum atomic E-state index is -0.188. The number of hydrogen-bond acceptors (Lipinski definition) is 4. The molecule has 1 amide bonds. The molecule has 1 aliphatic heterocycles. The van der Waals surface area contributed by atoms with E-state index in [2.05, 4.69) is 17.6 Å². The van der Waals surface area contributed by atoms with Crippen molar-refractivity contribution < 1.29 is 14.3 Å². The number of rotatable bonds is 8. The molecule has 106 valence electrons. The van der Waals surface area contributed by atoms with Gasteiger partial charge in [-0.05, 0) is 33.1 Å². The van der Waals surface area contributed by atoms with Crippen molar-refractivity contribution in [1.29, 1.82) is 0 Å². The van der Waals surface area contributed by atoms with Crippen molar-refractivity contribution in [3.05, 3.63) is 0 Å². The van der Waals surface area contributed by atoms with Gasteiger partial charge in [-0.25, -0.2) is 0 Å². The highest BCUT2D eigenvalue weighted by Gasteiger charge is 2.24. The maximum atomic E-state index is 11.8. The lowest BCUT2D eigenvalue weighted by atomic mass is 10.1. The van der Waals surface area contributed by atoms with Crippen molar-refractivity contribution >= 4 is 5.91 Å². The SMILES string of the molecule is COCCCNC(=O)C(C)NC(C)C1CCCO1. The maximum Gasteiger partial charge on any atom is 0.236 e. The fourth-order valence-electron chi connectivity index (χ4n) is 2.16. The van der Waals surface area contributed by atoms with Gasteiger partial charge in [0.25, 0.3) is 0 Å². The van der Waals surface area contributed by atoms with Crippen LogP contribution in [0.15, 0.2) is 0 Å². The van der Waals surface area contributed by atoms with E-state index in [0.717, 1.165) is 25.9 Å². The summed E-state index contributed by atoms with van der Waals surface area (Å²) in [7, 11) is 1.66. The summed E-state index contributed by atoms with van der Waals surface area (Å²) < 4.78 is 10.5.